The predicted molar refractivity (Wildman–Crippen MR) is 121 cm³/mol. The molecule has 6 nitrogen and oxygen atoms in total. The molecule has 4 N–H and O–H groups in total. The molecule has 5 atom stereocenters. The monoisotopic (exact) mass is 480 g/mol. The second-order valence-corrected chi connectivity index (χ2v) is 9.43. The topological polar surface area (TPSA) is 99.4 Å². The molecule has 33 heavy (non-hydrogen) atoms. The zero-order chi connectivity index (χ0) is 23.6. The highest BCUT2D eigenvalue weighted by atomic mass is 35.5. The van der Waals surface area contributed by atoms with Gasteiger partial charge in [-0.25, -0.2) is 4.39 Å². The van der Waals surface area contributed by atoms with Crippen LogP contribution in [0.15, 0.2) is 42.5 Å². The van der Waals surface area contributed by atoms with Crippen LogP contribution in [0.3, 0.4) is 0 Å². The van der Waals surface area contributed by atoms with E-state index in [0.717, 1.165) is 17.5 Å². The number of halogens is 2. The van der Waals surface area contributed by atoms with Crippen LogP contribution in [0.2, 0.25) is 5.02 Å². The number of ether oxygens (including phenoxy) is 2. The molecule has 0 amide bonds. The van der Waals surface area contributed by atoms with Gasteiger partial charge in [-0.2, -0.15) is 0 Å². The number of benzene rings is 2. The van der Waals surface area contributed by atoms with E-state index in [9.17, 15) is 24.8 Å². The van der Waals surface area contributed by atoms with Gasteiger partial charge in [-0.1, -0.05) is 35.9 Å². The van der Waals surface area contributed by atoms with E-state index in [1.807, 2.05) is 24.3 Å². The lowest BCUT2D eigenvalue weighted by molar-refractivity contribution is -0.231. The Labute approximate surface area is 197 Å². The van der Waals surface area contributed by atoms with Gasteiger partial charge in [-0.15, -0.1) is 0 Å². The van der Waals surface area contributed by atoms with Crippen LogP contribution in [-0.2, 0) is 11.2 Å². The molecule has 2 aromatic carbocycles. The predicted octanol–water partition coefficient (Wildman–Crippen LogP) is 3.11. The van der Waals surface area contributed by atoms with Gasteiger partial charge in [-0.3, -0.25) is 0 Å². The Balaban J connectivity index is 1.41. The Bertz CT molecular complexity index is 933. The third-order valence-corrected chi connectivity index (χ3v) is 7.05. The van der Waals surface area contributed by atoms with E-state index in [-0.39, 0.29) is 0 Å². The van der Waals surface area contributed by atoms with E-state index < -0.39 is 42.8 Å². The Morgan fingerprint density at radius 3 is 2.39 bits per heavy atom. The zero-order valence-electron chi connectivity index (χ0n) is 18.2. The van der Waals surface area contributed by atoms with Crippen LogP contribution in [0.25, 0.3) is 0 Å². The molecular weight excluding hydrogens is 451 g/mol. The summed E-state index contributed by atoms with van der Waals surface area (Å²) in [6.07, 6.45) is -2.97. The fourth-order valence-corrected chi connectivity index (χ4v) is 4.55. The van der Waals surface area contributed by atoms with Crippen molar-refractivity contribution >= 4 is 11.6 Å². The first-order valence-corrected chi connectivity index (χ1v) is 11.7. The molecule has 2 aliphatic rings. The molecule has 0 spiro atoms. The van der Waals surface area contributed by atoms with Gasteiger partial charge in [-0.05, 0) is 60.6 Å². The zero-order valence-corrected chi connectivity index (χ0v) is 19.0. The highest BCUT2D eigenvalue weighted by molar-refractivity contribution is 6.31. The van der Waals surface area contributed by atoms with Crippen molar-refractivity contribution in [1.29, 1.82) is 0 Å². The third-order valence-electron chi connectivity index (χ3n) is 6.68. The first-order valence-electron chi connectivity index (χ1n) is 11.3. The first-order chi connectivity index (χ1) is 15.8. The van der Waals surface area contributed by atoms with Gasteiger partial charge >= 0.3 is 0 Å². The van der Waals surface area contributed by atoms with Crippen molar-refractivity contribution in [1.82, 2.24) is 0 Å². The van der Waals surface area contributed by atoms with Gasteiger partial charge in [0.05, 0.1) is 13.2 Å². The summed E-state index contributed by atoms with van der Waals surface area (Å²) < 4.78 is 25.4. The highest BCUT2D eigenvalue weighted by Crippen LogP contribution is 2.39. The third kappa shape index (κ3) is 5.50. The van der Waals surface area contributed by atoms with Crippen LogP contribution in [-0.4, -0.2) is 63.7 Å². The summed E-state index contributed by atoms with van der Waals surface area (Å²) in [7, 11) is 0. The molecule has 2 aromatic rings. The fraction of sp³-hybridized carbons (Fsp3) is 0.520. The minimum atomic E-state index is -1.44. The van der Waals surface area contributed by atoms with E-state index in [4.69, 9.17) is 21.1 Å². The van der Waals surface area contributed by atoms with Crippen LogP contribution >= 0.6 is 11.6 Å². The van der Waals surface area contributed by atoms with Crippen molar-refractivity contribution in [2.75, 3.05) is 13.2 Å². The summed E-state index contributed by atoms with van der Waals surface area (Å²) in [6, 6.07) is 12.7. The average molecular weight is 481 g/mol. The van der Waals surface area contributed by atoms with Crippen molar-refractivity contribution in [3.05, 3.63) is 64.2 Å². The van der Waals surface area contributed by atoms with E-state index >= 15 is 0 Å². The van der Waals surface area contributed by atoms with Gasteiger partial charge in [0.25, 0.3) is 0 Å². The van der Waals surface area contributed by atoms with Crippen LogP contribution < -0.4 is 4.74 Å². The van der Waals surface area contributed by atoms with E-state index in [0.29, 0.717) is 48.6 Å². The fourth-order valence-electron chi connectivity index (χ4n) is 4.37. The van der Waals surface area contributed by atoms with Crippen LogP contribution in [0, 0.1) is 0 Å². The van der Waals surface area contributed by atoms with Gasteiger partial charge in [0, 0.05) is 11.4 Å². The van der Waals surface area contributed by atoms with E-state index in [1.54, 1.807) is 18.2 Å². The Morgan fingerprint density at radius 1 is 1.03 bits per heavy atom. The summed E-state index contributed by atoms with van der Waals surface area (Å²) in [4.78, 5) is 0. The number of hydrogen-bond donors (Lipinski definition) is 4. The van der Waals surface area contributed by atoms with Crippen LogP contribution in [0.5, 0.6) is 5.75 Å². The van der Waals surface area contributed by atoms with Crippen molar-refractivity contribution in [2.24, 2.45) is 0 Å². The lowest BCUT2D eigenvalue weighted by Crippen LogP contribution is -2.55. The molecule has 1 aliphatic heterocycles. The lowest BCUT2D eigenvalue weighted by Gasteiger charge is -2.40. The van der Waals surface area contributed by atoms with Crippen molar-refractivity contribution in [2.45, 2.75) is 68.3 Å². The quantitative estimate of drug-likeness (QED) is 0.463. The van der Waals surface area contributed by atoms with Gasteiger partial charge < -0.3 is 29.9 Å². The average Bonchev–Trinajstić information content (AvgIpc) is 2.79. The van der Waals surface area contributed by atoms with E-state index in [2.05, 4.69) is 0 Å². The van der Waals surface area contributed by atoms with Gasteiger partial charge in [0.2, 0.25) is 0 Å². The standard InChI is InChI=1S/C25H30ClFO6/c26-19-7-4-16(24-23(31)22(30)21(29)20(14-28)33-24)13-17(19)12-15-2-5-18(6-3-15)32-11-10-25(27)8-1-9-25/h2-7,13,20-24,28-31H,1,8-12,14H2/t20-,21-,22+,23-,24+/m1/s1. The molecule has 1 saturated carbocycles. The molecule has 0 unspecified atom stereocenters. The Hall–Kier alpha value is -1.74. The smallest absolute Gasteiger partial charge is 0.119 e. The molecule has 0 aromatic heterocycles. The van der Waals surface area contributed by atoms with Gasteiger partial charge in [0.1, 0.15) is 41.9 Å². The SMILES string of the molecule is OC[C@H]1O[C@@H](c2ccc(Cl)c(Cc3ccc(OCCC4(F)CCC4)cc3)c2)[C@H](O)[C@@H](O)[C@@H]1O. The molecule has 8 heteroatoms. The maximum absolute atomic E-state index is 14.1. The van der Waals surface area contributed by atoms with Crippen molar-refractivity contribution in [3.8, 4) is 5.75 Å². The largest absolute Gasteiger partial charge is 0.493 e. The number of aliphatic hydroxyl groups is 4. The minimum Gasteiger partial charge on any atom is -0.493 e. The van der Waals surface area contributed by atoms with Crippen LogP contribution in [0.4, 0.5) is 4.39 Å². The number of aliphatic hydroxyl groups excluding tert-OH is 4. The van der Waals surface area contributed by atoms with Gasteiger partial charge in [0.15, 0.2) is 0 Å². The van der Waals surface area contributed by atoms with Crippen molar-refractivity contribution in [3.63, 3.8) is 0 Å². The second kappa shape index (κ2) is 10.3. The first kappa shape index (κ1) is 24.4. The molecule has 0 radical (unpaired) electrons. The number of hydrogen-bond acceptors (Lipinski definition) is 6. The second-order valence-electron chi connectivity index (χ2n) is 9.02. The van der Waals surface area contributed by atoms with Crippen molar-refractivity contribution < 1.29 is 34.3 Å². The summed E-state index contributed by atoms with van der Waals surface area (Å²) >= 11 is 6.40. The maximum Gasteiger partial charge on any atom is 0.119 e. The summed E-state index contributed by atoms with van der Waals surface area (Å²) in [5, 5.41) is 40.5. The molecule has 1 aliphatic carbocycles. The normalized spacial score (nSPS) is 28.8. The number of alkyl halides is 1. The Morgan fingerprint density at radius 2 is 1.76 bits per heavy atom. The maximum atomic E-state index is 14.1. The molecular formula is C25H30ClFO6. The highest BCUT2D eigenvalue weighted by Gasteiger charge is 2.44. The summed E-state index contributed by atoms with van der Waals surface area (Å²) in [5.74, 6) is 0.683. The van der Waals surface area contributed by atoms with Crippen LogP contribution in [0.1, 0.15) is 48.5 Å². The summed E-state index contributed by atoms with van der Waals surface area (Å²) in [5.41, 5.74) is 1.31. The number of rotatable bonds is 8. The molecule has 180 valence electrons. The molecule has 4 rings (SSSR count). The Kier molecular flexibility index (Phi) is 7.58. The molecule has 1 saturated heterocycles. The molecule has 1 heterocycles. The minimum absolute atomic E-state index is 0.350. The molecule has 0 bridgehead atoms. The summed E-state index contributed by atoms with van der Waals surface area (Å²) in [6.45, 7) is -0.133. The lowest BCUT2D eigenvalue weighted by atomic mass is 9.80. The molecule has 2 fully saturated rings. The van der Waals surface area contributed by atoms with E-state index in [1.165, 1.54) is 0 Å².